The average molecular weight is 303 g/mol. The fourth-order valence-corrected chi connectivity index (χ4v) is 2.30. The first kappa shape index (κ1) is 13.8. The Labute approximate surface area is 125 Å². The summed E-state index contributed by atoms with van der Waals surface area (Å²) in [5.41, 5.74) is 2.10. The fourth-order valence-electron chi connectivity index (χ4n) is 2.15. The third-order valence-electron chi connectivity index (χ3n) is 3.12. The summed E-state index contributed by atoms with van der Waals surface area (Å²) in [6.07, 6.45) is -2.72. The molecule has 0 saturated heterocycles. The molecule has 21 heavy (non-hydrogen) atoms. The van der Waals surface area contributed by atoms with Crippen molar-refractivity contribution in [2.75, 3.05) is 0 Å². The molecule has 106 valence electrons. The minimum atomic E-state index is -2.72. The van der Waals surface area contributed by atoms with Gasteiger partial charge < -0.3 is 4.52 Å². The van der Waals surface area contributed by atoms with Crippen LogP contribution in [0.2, 0.25) is 0 Å². The average Bonchev–Trinajstić information content (AvgIpc) is 2.94. The molecule has 1 aromatic heterocycles. The molecule has 5 heteroatoms. The molecule has 0 aliphatic heterocycles. The number of aromatic nitrogens is 1. The van der Waals surface area contributed by atoms with Crippen molar-refractivity contribution in [2.45, 2.75) is 11.3 Å². The van der Waals surface area contributed by atoms with E-state index in [1.165, 1.54) is 0 Å². The molecule has 0 atom stereocenters. The lowest BCUT2D eigenvalue weighted by Crippen LogP contribution is -1.88. The molecule has 0 unspecified atom stereocenters. The lowest BCUT2D eigenvalue weighted by atomic mass is 9.99. The quantitative estimate of drug-likeness (QED) is 0.670. The van der Waals surface area contributed by atoms with Crippen LogP contribution in [0.25, 0.3) is 22.4 Å². The van der Waals surface area contributed by atoms with E-state index in [1.54, 1.807) is 24.3 Å². The molecule has 3 rings (SSSR count). The smallest absolute Gasteiger partial charge is 0.298 e. The minimum absolute atomic E-state index is 0.324. The van der Waals surface area contributed by atoms with Crippen molar-refractivity contribution in [1.29, 1.82) is 0 Å². The molecule has 0 amide bonds. The Morgan fingerprint density at radius 2 is 1.57 bits per heavy atom. The first-order valence-corrected chi connectivity index (χ1v) is 6.74. The van der Waals surface area contributed by atoms with E-state index in [4.69, 9.17) is 4.52 Å². The van der Waals surface area contributed by atoms with E-state index in [-0.39, 0.29) is 0 Å². The molecule has 0 aliphatic rings. The Balaban J connectivity index is 2.21. The maximum absolute atomic E-state index is 13.2. The summed E-state index contributed by atoms with van der Waals surface area (Å²) in [6, 6.07) is 16.1. The largest absolute Gasteiger partial charge is 0.354 e. The summed E-state index contributed by atoms with van der Waals surface area (Å²) in [6.45, 7) is 0. The monoisotopic (exact) mass is 303 g/mol. The van der Waals surface area contributed by atoms with Crippen molar-refractivity contribution < 1.29 is 13.3 Å². The number of rotatable bonds is 3. The van der Waals surface area contributed by atoms with Crippen LogP contribution >= 0.6 is 12.6 Å². The van der Waals surface area contributed by atoms with E-state index in [9.17, 15) is 8.78 Å². The number of alkyl halides is 2. The van der Waals surface area contributed by atoms with Crippen molar-refractivity contribution >= 4 is 12.6 Å². The molecular formula is C16H11F2NOS. The Bertz CT molecular complexity index is 739. The van der Waals surface area contributed by atoms with Gasteiger partial charge in [0.15, 0.2) is 0 Å². The molecular weight excluding hydrogens is 292 g/mol. The van der Waals surface area contributed by atoms with Gasteiger partial charge in [0.2, 0.25) is 5.76 Å². The van der Waals surface area contributed by atoms with Gasteiger partial charge in [-0.05, 0) is 17.7 Å². The SMILES string of the molecule is FC(F)c1onc(-c2ccccc2)c1-c1ccc(S)cc1. The highest BCUT2D eigenvalue weighted by Gasteiger charge is 2.25. The van der Waals surface area contributed by atoms with Gasteiger partial charge in [-0.15, -0.1) is 12.6 Å². The van der Waals surface area contributed by atoms with Crippen molar-refractivity contribution in [3.63, 3.8) is 0 Å². The van der Waals surface area contributed by atoms with E-state index in [0.29, 0.717) is 16.8 Å². The van der Waals surface area contributed by atoms with Crippen LogP contribution in [-0.2, 0) is 0 Å². The first-order valence-electron chi connectivity index (χ1n) is 6.29. The van der Waals surface area contributed by atoms with Crippen molar-refractivity contribution in [3.8, 4) is 22.4 Å². The van der Waals surface area contributed by atoms with Crippen LogP contribution in [0.3, 0.4) is 0 Å². The van der Waals surface area contributed by atoms with Crippen LogP contribution < -0.4 is 0 Å². The van der Waals surface area contributed by atoms with Crippen molar-refractivity contribution in [1.82, 2.24) is 5.16 Å². The molecule has 3 aromatic rings. The summed E-state index contributed by atoms with van der Waals surface area (Å²) in [5.74, 6) is -0.416. The second-order valence-corrected chi connectivity index (χ2v) is 5.00. The van der Waals surface area contributed by atoms with Crippen molar-refractivity contribution in [3.05, 3.63) is 60.4 Å². The number of halogens is 2. The molecule has 0 radical (unpaired) electrons. The number of hydrogen-bond donors (Lipinski definition) is 1. The molecule has 0 N–H and O–H groups in total. The molecule has 1 heterocycles. The zero-order chi connectivity index (χ0) is 14.8. The Kier molecular flexibility index (Phi) is 3.75. The third kappa shape index (κ3) is 2.69. The van der Waals surface area contributed by atoms with Crippen LogP contribution in [0.5, 0.6) is 0 Å². The summed E-state index contributed by atoms with van der Waals surface area (Å²) < 4.78 is 31.2. The predicted octanol–water partition coefficient (Wildman–Crippen LogP) is 5.23. The number of hydrogen-bond acceptors (Lipinski definition) is 3. The summed E-state index contributed by atoms with van der Waals surface area (Å²) in [5, 5.41) is 3.83. The Hall–Kier alpha value is -2.14. The van der Waals surface area contributed by atoms with Gasteiger partial charge >= 0.3 is 0 Å². The van der Waals surface area contributed by atoms with Gasteiger partial charge in [-0.3, -0.25) is 0 Å². The molecule has 0 aliphatic carbocycles. The lowest BCUT2D eigenvalue weighted by molar-refractivity contribution is 0.113. The molecule has 0 saturated carbocycles. The second-order valence-electron chi connectivity index (χ2n) is 4.48. The van der Waals surface area contributed by atoms with E-state index < -0.39 is 12.2 Å². The van der Waals surface area contributed by atoms with E-state index >= 15 is 0 Å². The van der Waals surface area contributed by atoms with Gasteiger partial charge in [-0.2, -0.15) is 0 Å². The first-order chi connectivity index (χ1) is 10.2. The van der Waals surface area contributed by atoms with Gasteiger partial charge in [0.25, 0.3) is 6.43 Å². The predicted molar refractivity (Wildman–Crippen MR) is 79.6 cm³/mol. The lowest BCUT2D eigenvalue weighted by Gasteiger charge is -2.05. The topological polar surface area (TPSA) is 26.0 Å². The molecule has 2 aromatic carbocycles. The number of thiol groups is 1. The second kappa shape index (κ2) is 5.69. The number of benzene rings is 2. The molecule has 0 fully saturated rings. The summed E-state index contributed by atoms with van der Waals surface area (Å²) in [4.78, 5) is 0.759. The van der Waals surface area contributed by atoms with Gasteiger partial charge in [-0.1, -0.05) is 47.6 Å². The van der Waals surface area contributed by atoms with E-state index in [1.807, 2.05) is 30.3 Å². The zero-order valence-electron chi connectivity index (χ0n) is 10.8. The molecule has 2 nitrogen and oxygen atoms in total. The van der Waals surface area contributed by atoms with Crippen LogP contribution in [0.1, 0.15) is 12.2 Å². The van der Waals surface area contributed by atoms with Crippen LogP contribution in [0, 0.1) is 0 Å². The van der Waals surface area contributed by atoms with E-state index in [2.05, 4.69) is 17.8 Å². The van der Waals surface area contributed by atoms with Crippen LogP contribution in [0.4, 0.5) is 8.78 Å². The van der Waals surface area contributed by atoms with Gasteiger partial charge in [0.1, 0.15) is 5.69 Å². The molecule has 0 spiro atoms. The van der Waals surface area contributed by atoms with Gasteiger partial charge in [0.05, 0.1) is 5.56 Å². The van der Waals surface area contributed by atoms with Crippen molar-refractivity contribution in [2.24, 2.45) is 0 Å². The van der Waals surface area contributed by atoms with Crippen LogP contribution in [-0.4, -0.2) is 5.16 Å². The van der Waals surface area contributed by atoms with Crippen LogP contribution in [0.15, 0.2) is 64.0 Å². The standard InChI is InChI=1S/C16H11F2NOS/c17-16(18)15-13(10-6-8-12(21)9-7-10)14(19-20-15)11-4-2-1-3-5-11/h1-9,16,21H. The van der Waals surface area contributed by atoms with Gasteiger partial charge in [0, 0.05) is 10.5 Å². The maximum atomic E-state index is 13.2. The highest BCUT2D eigenvalue weighted by atomic mass is 32.1. The zero-order valence-corrected chi connectivity index (χ0v) is 11.7. The highest BCUT2D eigenvalue weighted by molar-refractivity contribution is 7.80. The molecule has 0 bridgehead atoms. The van der Waals surface area contributed by atoms with E-state index in [0.717, 1.165) is 10.5 Å². The summed E-state index contributed by atoms with van der Waals surface area (Å²) >= 11 is 4.20. The minimum Gasteiger partial charge on any atom is -0.354 e. The normalized spacial score (nSPS) is 11.0. The Morgan fingerprint density at radius 1 is 0.905 bits per heavy atom. The van der Waals surface area contributed by atoms with Gasteiger partial charge in [-0.25, -0.2) is 8.78 Å². The summed E-state index contributed by atoms with van der Waals surface area (Å²) in [7, 11) is 0. The third-order valence-corrected chi connectivity index (χ3v) is 3.42. The maximum Gasteiger partial charge on any atom is 0.298 e. The fraction of sp³-hybridized carbons (Fsp3) is 0.0625. The highest BCUT2D eigenvalue weighted by Crippen LogP contribution is 2.39. The number of nitrogens with zero attached hydrogens (tertiary/aromatic N) is 1. The Morgan fingerprint density at radius 3 is 2.19 bits per heavy atom.